The predicted molar refractivity (Wildman–Crippen MR) is 203 cm³/mol. The van der Waals surface area contributed by atoms with Gasteiger partial charge in [0.2, 0.25) is 0 Å². The van der Waals surface area contributed by atoms with Gasteiger partial charge in [0.1, 0.15) is 18.3 Å². The molecule has 0 spiro atoms. The van der Waals surface area contributed by atoms with E-state index in [4.69, 9.17) is 43.4 Å². The van der Waals surface area contributed by atoms with Gasteiger partial charge in [-0.3, -0.25) is 14.4 Å². The van der Waals surface area contributed by atoms with Crippen molar-refractivity contribution in [2.75, 3.05) is 33.0 Å². The molecule has 2 aliphatic heterocycles. The lowest BCUT2D eigenvalue weighted by molar-refractivity contribution is -0.276. The molecular formula is C40H71N3O11. The number of carbonyl (C=O) groups is 3. The van der Waals surface area contributed by atoms with E-state index < -0.39 is 42.6 Å². The highest BCUT2D eigenvalue weighted by molar-refractivity contribution is 5.72. The van der Waals surface area contributed by atoms with Gasteiger partial charge >= 0.3 is 17.9 Å². The van der Waals surface area contributed by atoms with E-state index in [1.165, 1.54) is 0 Å². The SMILES string of the molecule is CCCCOC(=O)CC[C@@H](C)CC[C@@H]1OC(C)[C@H](OC(=O)[C@H](C)CN=[N+]=[N-])C[C@@H]1OC(=O)CCCCO[C@@H]1OC(C)[C@H](OCCCC)C[C@@H]1OCCCC. The molecule has 2 aliphatic rings. The van der Waals surface area contributed by atoms with Gasteiger partial charge < -0.3 is 37.9 Å². The Morgan fingerprint density at radius 3 is 2.04 bits per heavy atom. The summed E-state index contributed by atoms with van der Waals surface area (Å²) >= 11 is 0. The van der Waals surface area contributed by atoms with Crippen molar-refractivity contribution in [2.45, 2.75) is 194 Å². The van der Waals surface area contributed by atoms with Gasteiger partial charge in [0.15, 0.2) is 6.29 Å². The van der Waals surface area contributed by atoms with E-state index in [0.29, 0.717) is 71.4 Å². The van der Waals surface area contributed by atoms with Crippen molar-refractivity contribution in [3.63, 3.8) is 0 Å². The van der Waals surface area contributed by atoms with E-state index in [-0.39, 0.29) is 49.1 Å². The first-order valence-corrected chi connectivity index (χ1v) is 20.7. The minimum absolute atomic E-state index is 0.0154. The average molecular weight is 770 g/mol. The van der Waals surface area contributed by atoms with Crippen molar-refractivity contribution in [1.29, 1.82) is 0 Å². The summed E-state index contributed by atoms with van der Waals surface area (Å²) in [6.07, 6.45) is 7.74. The van der Waals surface area contributed by atoms with Crippen molar-refractivity contribution < 1.29 is 52.3 Å². The summed E-state index contributed by atoms with van der Waals surface area (Å²) in [5, 5.41) is 3.48. The second-order valence-corrected chi connectivity index (χ2v) is 15.0. The van der Waals surface area contributed by atoms with Crippen molar-refractivity contribution >= 4 is 17.9 Å². The molecule has 2 unspecified atom stereocenters. The Bertz CT molecular complexity index is 1110. The molecule has 0 saturated carbocycles. The summed E-state index contributed by atoms with van der Waals surface area (Å²) in [4.78, 5) is 40.8. The van der Waals surface area contributed by atoms with E-state index in [2.05, 4.69) is 37.7 Å². The molecule has 0 aromatic carbocycles. The smallest absolute Gasteiger partial charge is 0.309 e. The third kappa shape index (κ3) is 18.9. The second kappa shape index (κ2) is 28.0. The lowest BCUT2D eigenvalue weighted by atomic mass is 9.91. The van der Waals surface area contributed by atoms with Gasteiger partial charge in [0.25, 0.3) is 0 Å². The molecule has 2 saturated heterocycles. The van der Waals surface area contributed by atoms with Crippen LogP contribution < -0.4 is 0 Å². The van der Waals surface area contributed by atoms with Crippen LogP contribution in [-0.2, 0) is 52.3 Å². The molecular weight excluding hydrogens is 698 g/mol. The third-order valence-electron chi connectivity index (χ3n) is 10.1. The maximum absolute atomic E-state index is 13.2. The fourth-order valence-electron chi connectivity index (χ4n) is 6.38. The first-order chi connectivity index (χ1) is 26.0. The van der Waals surface area contributed by atoms with Crippen LogP contribution in [0.5, 0.6) is 0 Å². The lowest BCUT2D eigenvalue weighted by Gasteiger charge is -2.40. The van der Waals surface area contributed by atoms with Crippen molar-refractivity contribution in [3.05, 3.63) is 10.4 Å². The van der Waals surface area contributed by atoms with E-state index >= 15 is 0 Å². The molecule has 54 heavy (non-hydrogen) atoms. The molecule has 0 aliphatic carbocycles. The minimum atomic E-state index is -0.634. The lowest BCUT2D eigenvalue weighted by Crippen LogP contribution is -2.49. The summed E-state index contributed by atoms with van der Waals surface area (Å²) in [5.41, 5.74) is 8.64. The van der Waals surface area contributed by atoms with E-state index in [0.717, 1.165) is 44.9 Å². The largest absolute Gasteiger partial charge is 0.466 e. The highest BCUT2D eigenvalue weighted by Gasteiger charge is 2.41. The molecule has 2 rings (SSSR count). The van der Waals surface area contributed by atoms with E-state index in [9.17, 15) is 14.4 Å². The molecule has 0 amide bonds. The maximum Gasteiger partial charge on any atom is 0.309 e. The van der Waals surface area contributed by atoms with Crippen LogP contribution in [0.1, 0.15) is 145 Å². The standard InChI is InChI=1S/C40H71N3O11/c1-8-11-21-47-33-25-36(48-22-12-9-2)40(52-30(33)6)50-24-15-14-16-38(45)53-35-26-34(54-39(46)29(5)27-42-43-41)31(7)51-32(35)19-17-28(4)18-20-37(44)49-23-13-10-3/h28-36,40H,8-27H2,1-7H3/t28-,29+,30?,31?,32-,33+,34+,35-,36-,40+/m0/s1. The Morgan fingerprint density at radius 1 is 0.722 bits per heavy atom. The van der Waals surface area contributed by atoms with Gasteiger partial charge in [0, 0.05) is 57.0 Å². The van der Waals surface area contributed by atoms with Crippen LogP contribution in [0.4, 0.5) is 0 Å². The normalized spacial score (nSPS) is 26.6. The number of ether oxygens (including phenoxy) is 8. The van der Waals surface area contributed by atoms with Gasteiger partial charge in [0.05, 0.1) is 36.9 Å². The van der Waals surface area contributed by atoms with E-state index in [1.54, 1.807) is 6.92 Å². The van der Waals surface area contributed by atoms with Crippen LogP contribution in [0.2, 0.25) is 0 Å². The van der Waals surface area contributed by atoms with Crippen molar-refractivity contribution in [3.8, 4) is 0 Å². The van der Waals surface area contributed by atoms with Crippen LogP contribution in [0.25, 0.3) is 10.4 Å². The number of hydrogen-bond acceptors (Lipinski definition) is 12. The molecule has 14 nitrogen and oxygen atoms in total. The zero-order valence-electron chi connectivity index (χ0n) is 34.2. The molecule has 0 aromatic heterocycles. The number of hydrogen-bond donors (Lipinski definition) is 0. The number of azide groups is 1. The summed E-state index contributed by atoms with van der Waals surface area (Å²) in [7, 11) is 0. The molecule has 312 valence electrons. The van der Waals surface area contributed by atoms with Crippen LogP contribution in [-0.4, -0.2) is 99.9 Å². The molecule has 2 fully saturated rings. The zero-order chi connectivity index (χ0) is 39.7. The number of rotatable bonds is 28. The Labute approximate surface area is 323 Å². The van der Waals surface area contributed by atoms with Crippen molar-refractivity contribution in [2.24, 2.45) is 17.0 Å². The Balaban J connectivity index is 1.93. The monoisotopic (exact) mass is 770 g/mol. The Kier molecular flexibility index (Phi) is 24.7. The van der Waals surface area contributed by atoms with Gasteiger partial charge in [-0.2, -0.15) is 0 Å². The average Bonchev–Trinajstić information content (AvgIpc) is 3.14. The highest BCUT2D eigenvalue weighted by Crippen LogP contribution is 2.31. The fourth-order valence-corrected chi connectivity index (χ4v) is 6.38. The Morgan fingerprint density at radius 2 is 1.35 bits per heavy atom. The fraction of sp³-hybridized carbons (Fsp3) is 0.925. The third-order valence-corrected chi connectivity index (χ3v) is 10.1. The predicted octanol–water partition coefficient (Wildman–Crippen LogP) is 8.17. The molecule has 0 radical (unpaired) electrons. The molecule has 0 aromatic rings. The zero-order valence-corrected chi connectivity index (χ0v) is 34.2. The molecule has 0 N–H and O–H groups in total. The quantitative estimate of drug-likeness (QED) is 0.0188. The second-order valence-electron chi connectivity index (χ2n) is 15.0. The molecule has 14 heteroatoms. The summed E-state index contributed by atoms with van der Waals surface area (Å²) in [6, 6.07) is 0. The van der Waals surface area contributed by atoms with Crippen LogP contribution in [0.3, 0.4) is 0 Å². The van der Waals surface area contributed by atoms with Crippen LogP contribution >= 0.6 is 0 Å². The summed E-state index contributed by atoms with van der Waals surface area (Å²) in [6.45, 7) is 16.1. The first-order valence-electron chi connectivity index (χ1n) is 20.7. The van der Waals surface area contributed by atoms with Crippen LogP contribution in [0, 0.1) is 11.8 Å². The number of unbranched alkanes of at least 4 members (excludes halogenated alkanes) is 4. The van der Waals surface area contributed by atoms with Crippen molar-refractivity contribution in [1.82, 2.24) is 0 Å². The topological polar surface area (TPSA) is 174 Å². The van der Waals surface area contributed by atoms with Gasteiger partial charge in [-0.15, -0.1) is 0 Å². The first kappa shape index (κ1) is 47.7. The number of nitrogens with zero attached hydrogens (tertiary/aromatic N) is 3. The maximum atomic E-state index is 13.2. The minimum Gasteiger partial charge on any atom is -0.466 e. The summed E-state index contributed by atoms with van der Waals surface area (Å²) in [5.74, 6) is -1.44. The van der Waals surface area contributed by atoms with Gasteiger partial charge in [-0.05, 0) is 76.7 Å². The molecule has 10 atom stereocenters. The van der Waals surface area contributed by atoms with Crippen LogP contribution in [0.15, 0.2) is 5.11 Å². The van der Waals surface area contributed by atoms with E-state index in [1.807, 2.05) is 13.8 Å². The number of esters is 3. The molecule has 2 heterocycles. The number of carbonyl (C=O) groups excluding carboxylic acids is 3. The summed E-state index contributed by atoms with van der Waals surface area (Å²) < 4.78 is 48.1. The van der Waals surface area contributed by atoms with Gasteiger partial charge in [-0.1, -0.05) is 59.0 Å². The molecule has 0 bridgehead atoms. The Hall–Kier alpha value is -2.48. The highest BCUT2D eigenvalue weighted by atomic mass is 16.7. The van der Waals surface area contributed by atoms with Gasteiger partial charge in [-0.25, -0.2) is 0 Å².